The van der Waals surface area contributed by atoms with Gasteiger partial charge < -0.3 is 5.11 Å². The highest BCUT2D eigenvalue weighted by atomic mass is 79.9. The normalized spacial score (nSPS) is 17.6. The van der Waals surface area contributed by atoms with Crippen molar-refractivity contribution in [3.05, 3.63) is 98.5 Å². The number of benzene rings is 3. The fourth-order valence-electron chi connectivity index (χ4n) is 4.06. The number of halogens is 2. The second-order valence-electron chi connectivity index (χ2n) is 7.88. The number of carbonyl (C=O) groups excluding carboxylic acids is 2. The highest BCUT2D eigenvalue weighted by Crippen LogP contribution is 2.44. The smallest absolute Gasteiger partial charge is 0.301 e. The number of rotatable bonds is 4. The second kappa shape index (κ2) is 8.98. The predicted octanol–water partition coefficient (Wildman–Crippen LogP) is 6.90. The average molecular weight is 554 g/mol. The van der Waals surface area contributed by atoms with E-state index in [1.807, 2.05) is 36.4 Å². The van der Waals surface area contributed by atoms with Gasteiger partial charge in [0.2, 0.25) is 0 Å². The molecule has 1 aliphatic heterocycles. The maximum Gasteiger partial charge on any atom is 0.301 e. The molecule has 1 amide bonds. The minimum absolute atomic E-state index is 0.0129. The zero-order chi connectivity index (χ0) is 24.0. The highest BCUT2D eigenvalue weighted by Gasteiger charge is 2.48. The van der Waals surface area contributed by atoms with Crippen LogP contribution in [0, 0.1) is 0 Å². The summed E-state index contributed by atoms with van der Waals surface area (Å²) in [7, 11) is 0. The van der Waals surface area contributed by atoms with Crippen molar-refractivity contribution in [1.29, 1.82) is 0 Å². The van der Waals surface area contributed by atoms with Gasteiger partial charge in [-0.15, -0.1) is 0 Å². The molecule has 34 heavy (non-hydrogen) atoms. The quantitative estimate of drug-likeness (QED) is 0.169. The van der Waals surface area contributed by atoms with E-state index in [9.17, 15) is 14.7 Å². The largest absolute Gasteiger partial charge is 0.507 e. The van der Waals surface area contributed by atoms with Gasteiger partial charge in [-0.25, -0.2) is 4.98 Å². The van der Waals surface area contributed by atoms with E-state index in [-0.39, 0.29) is 11.3 Å². The summed E-state index contributed by atoms with van der Waals surface area (Å²) in [5.41, 5.74) is 3.01. The van der Waals surface area contributed by atoms with E-state index in [1.54, 1.807) is 24.3 Å². The number of amides is 1. The van der Waals surface area contributed by atoms with E-state index in [1.165, 1.54) is 16.2 Å². The van der Waals surface area contributed by atoms with E-state index in [4.69, 9.17) is 11.6 Å². The van der Waals surface area contributed by atoms with E-state index in [2.05, 4.69) is 33.9 Å². The van der Waals surface area contributed by atoms with E-state index >= 15 is 0 Å². The summed E-state index contributed by atoms with van der Waals surface area (Å²) in [6.45, 7) is 2.08. The standard InChI is InChI=1S/C26H18BrClN2O3S/c1-2-14-6-11-19-20(12-14)34-26(29-19)30-22(16-4-3-5-17(27)13-16)21(24(32)25(30)33)23(31)15-7-9-18(28)10-8-15/h3-13,22,31H,2H2,1H3/b23-21+/t22-/m1/s1. The Morgan fingerprint density at radius 1 is 1.12 bits per heavy atom. The molecule has 0 bridgehead atoms. The van der Waals surface area contributed by atoms with Crippen LogP contribution < -0.4 is 4.90 Å². The number of thiazole rings is 1. The number of aliphatic hydroxyl groups excluding tert-OH is 1. The molecule has 0 radical (unpaired) electrons. The lowest BCUT2D eigenvalue weighted by molar-refractivity contribution is -0.132. The van der Waals surface area contributed by atoms with Crippen LogP contribution in [0.5, 0.6) is 0 Å². The molecule has 1 atom stereocenters. The monoisotopic (exact) mass is 552 g/mol. The molecule has 5 nitrogen and oxygen atoms in total. The van der Waals surface area contributed by atoms with Crippen molar-refractivity contribution in [3.8, 4) is 0 Å². The number of Topliss-reactive ketones (excluding diaryl/α,β-unsaturated/α-hetero) is 1. The van der Waals surface area contributed by atoms with E-state index in [0.717, 1.165) is 26.7 Å². The molecule has 3 aromatic carbocycles. The van der Waals surface area contributed by atoms with Crippen molar-refractivity contribution in [3.63, 3.8) is 0 Å². The zero-order valence-corrected chi connectivity index (χ0v) is 21.1. The third-order valence-corrected chi connectivity index (χ3v) is 7.55. The Kier molecular flexibility index (Phi) is 6.02. The number of fused-ring (bicyclic) bond motifs is 1. The summed E-state index contributed by atoms with van der Waals surface area (Å²) < 4.78 is 1.72. The molecule has 8 heteroatoms. The number of aryl methyl sites for hydroxylation is 1. The summed E-state index contributed by atoms with van der Waals surface area (Å²) in [6, 6.07) is 19.0. The fourth-order valence-corrected chi connectivity index (χ4v) is 5.66. The van der Waals surface area contributed by atoms with Crippen LogP contribution in [0.15, 0.2) is 76.8 Å². The Balaban J connectivity index is 1.72. The van der Waals surface area contributed by atoms with Crippen LogP contribution in [0.25, 0.3) is 16.0 Å². The minimum atomic E-state index is -0.834. The van der Waals surface area contributed by atoms with E-state index in [0.29, 0.717) is 21.3 Å². The number of ketones is 1. The Hall–Kier alpha value is -3.00. The van der Waals surface area contributed by atoms with Crippen LogP contribution in [0.1, 0.15) is 29.7 Å². The second-order valence-corrected chi connectivity index (χ2v) is 10.2. The molecule has 170 valence electrons. The summed E-state index contributed by atoms with van der Waals surface area (Å²) in [4.78, 5) is 32.7. The molecular weight excluding hydrogens is 536 g/mol. The van der Waals surface area contributed by atoms with Gasteiger partial charge in [0.05, 0.1) is 21.8 Å². The molecule has 1 saturated heterocycles. The zero-order valence-electron chi connectivity index (χ0n) is 18.0. The summed E-state index contributed by atoms with van der Waals surface area (Å²) >= 11 is 10.8. The first kappa shape index (κ1) is 22.8. The Morgan fingerprint density at radius 2 is 1.88 bits per heavy atom. The summed E-state index contributed by atoms with van der Waals surface area (Å²) in [5, 5.41) is 12.1. The maximum absolute atomic E-state index is 13.3. The fraction of sp³-hybridized carbons (Fsp3) is 0.115. The number of aliphatic hydroxyl groups is 1. The number of anilines is 1. The van der Waals surface area contributed by atoms with Gasteiger partial charge in [0, 0.05) is 15.1 Å². The first-order valence-electron chi connectivity index (χ1n) is 10.6. The van der Waals surface area contributed by atoms with Crippen molar-refractivity contribution >= 4 is 71.7 Å². The topological polar surface area (TPSA) is 70.5 Å². The molecule has 0 unspecified atom stereocenters. The number of carbonyl (C=O) groups is 2. The van der Waals surface area contributed by atoms with Gasteiger partial charge in [-0.3, -0.25) is 14.5 Å². The van der Waals surface area contributed by atoms with Gasteiger partial charge >= 0.3 is 5.91 Å². The van der Waals surface area contributed by atoms with Gasteiger partial charge in [-0.1, -0.05) is 64.0 Å². The minimum Gasteiger partial charge on any atom is -0.507 e. The van der Waals surface area contributed by atoms with Crippen molar-refractivity contribution in [1.82, 2.24) is 4.98 Å². The van der Waals surface area contributed by atoms with Crippen LogP contribution >= 0.6 is 38.9 Å². The predicted molar refractivity (Wildman–Crippen MR) is 139 cm³/mol. The summed E-state index contributed by atoms with van der Waals surface area (Å²) in [5.74, 6) is -1.74. The van der Waals surface area contributed by atoms with Crippen molar-refractivity contribution in [2.75, 3.05) is 4.90 Å². The molecule has 1 aromatic heterocycles. The number of nitrogens with zero attached hydrogens (tertiary/aromatic N) is 2. The molecular formula is C26H18BrClN2O3S. The molecule has 2 heterocycles. The molecule has 0 saturated carbocycles. The number of aromatic nitrogens is 1. The Bertz CT molecular complexity index is 1480. The van der Waals surface area contributed by atoms with Gasteiger partial charge in [0.1, 0.15) is 5.76 Å². The van der Waals surface area contributed by atoms with Gasteiger partial charge in [-0.05, 0) is 66.1 Å². The molecule has 1 fully saturated rings. The lowest BCUT2D eigenvalue weighted by Crippen LogP contribution is -2.29. The third-order valence-electron chi connectivity index (χ3n) is 5.78. The highest BCUT2D eigenvalue weighted by molar-refractivity contribution is 9.10. The third kappa shape index (κ3) is 3.94. The van der Waals surface area contributed by atoms with Crippen LogP contribution in [0.3, 0.4) is 0 Å². The first-order chi connectivity index (χ1) is 16.4. The number of hydrogen-bond donors (Lipinski definition) is 1. The lowest BCUT2D eigenvalue weighted by Gasteiger charge is -2.23. The Morgan fingerprint density at radius 3 is 2.59 bits per heavy atom. The molecule has 1 aliphatic rings. The SMILES string of the molecule is CCc1ccc2nc(N3C(=O)C(=O)/C(=C(/O)c4ccc(Cl)cc4)[C@H]3c3cccc(Br)c3)sc2c1. The molecule has 0 aliphatic carbocycles. The van der Waals surface area contributed by atoms with Crippen LogP contribution in [0.2, 0.25) is 5.02 Å². The maximum atomic E-state index is 13.3. The average Bonchev–Trinajstić information content (AvgIpc) is 3.36. The molecule has 5 rings (SSSR count). The molecule has 0 spiro atoms. The summed E-state index contributed by atoms with van der Waals surface area (Å²) in [6.07, 6.45) is 0.882. The van der Waals surface area contributed by atoms with E-state index < -0.39 is 17.7 Å². The van der Waals surface area contributed by atoms with Crippen LogP contribution in [0.4, 0.5) is 5.13 Å². The van der Waals surface area contributed by atoms with Crippen LogP contribution in [-0.2, 0) is 16.0 Å². The van der Waals surface area contributed by atoms with Gasteiger partial charge in [0.25, 0.3) is 5.78 Å². The molecule has 4 aromatic rings. The first-order valence-corrected chi connectivity index (χ1v) is 12.6. The van der Waals surface area contributed by atoms with Gasteiger partial charge in [0.15, 0.2) is 5.13 Å². The van der Waals surface area contributed by atoms with Crippen molar-refractivity contribution < 1.29 is 14.7 Å². The van der Waals surface area contributed by atoms with Crippen molar-refractivity contribution in [2.24, 2.45) is 0 Å². The lowest BCUT2D eigenvalue weighted by atomic mass is 9.95. The number of hydrogen-bond acceptors (Lipinski definition) is 5. The Labute approximate surface area is 213 Å². The van der Waals surface area contributed by atoms with Crippen molar-refractivity contribution in [2.45, 2.75) is 19.4 Å². The molecule has 1 N–H and O–H groups in total. The van der Waals surface area contributed by atoms with Crippen LogP contribution in [-0.4, -0.2) is 21.8 Å². The van der Waals surface area contributed by atoms with Gasteiger partial charge in [-0.2, -0.15) is 0 Å².